The number of aromatic nitrogens is 2. The first-order valence-electron chi connectivity index (χ1n) is 8.45. The third kappa shape index (κ3) is 5.35. The molecule has 7 heteroatoms. The number of allylic oxidation sites excluding steroid dienone is 2. The van der Waals surface area contributed by atoms with Gasteiger partial charge in [-0.15, -0.1) is 11.3 Å². The summed E-state index contributed by atoms with van der Waals surface area (Å²) in [5.41, 5.74) is 1.88. The highest BCUT2D eigenvalue weighted by molar-refractivity contribution is 7.19. The third-order valence-corrected chi connectivity index (χ3v) is 4.67. The second-order valence-electron chi connectivity index (χ2n) is 5.72. The molecule has 0 fully saturated rings. The molecule has 1 unspecified atom stereocenters. The molecule has 0 aliphatic carbocycles. The van der Waals surface area contributed by atoms with E-state index in [1.54, 1.807) is 12.3 Å². The number of hydrogen-bond donors (Lipinski definition) is 2. The van der Waals surface area contributed by atoms with Crippen LogP contribution in [0.3, 0.4) is 0 Å². The quantitative estimate of drug-likeness (QED) is 0.570. The zero-order valence-corrected chi connectivity index (χ0v) is 15.6. The molecule has 0 saturated carbocycles. The summed E-state index contributed by atoms with van der Waals surface area (Å²) < 4.78 is 19.4. The lowest BCUT2D eigenvalue weighted by atomic mass is 10.2. The highest BCUT2D eigenvalue weighted by atomic mass is 32.1. The molecule has 3 aromatic rings. The molecular weight excluding hydrogens is 365 g/mol. The Balaban J connectivity index is 1.63. The fourth-order valence-electron chi connectivity index (χ4n) is 2.28. The van der Waals surface area contributed by atoms with Gasteiger partial charge in [0.1, 0.15) is 23.2 Å². The highest BCUT2D eigenvalue weighted by Gasteiger charge is 2.07. The summed E-state index contributed by atoms with van der Waals surface area (Å²) in [5, 5.41) is 12.6. The summed E-state index contributed by atoms with van der Waals surface area (Å²) in [6, 6.07) is 9.33. The fraction of sp³-hybridized carbons (Fsp3) is 0.200. The summed E-state index contributed by atoms with van der Waals surface area (Å²) in [6.07, 6.45) is 8.19. The van der Waals surface area contributed by atoms with Crippen molar-refractivity contribution < 1.29 is 14.2 Å². The minimum atomic E-state index is -1.38. The molecule has 3 rings (SSSR count). The smallest absolute Gasteiger partial charge is 0.157 e. The van der Waals surface area contributed by atoms with Crippen molar-refractivity contribution in [1.82, 2.24) is 9.97 Å². The van der Waals surface area contributed by atoms with Crippen molar-refractivity contribution in [2.24, 2.45) is 0 Å². The van der Waals surface area contributed by atoms with Gasteiger partial charge in [-0.3, -0.25) is 0 Å². The number of hydrogen-bond acceptors (Lipinski definition) is 6. The van der Waals surface area contributed by atoms with Gasteiger partial charge in [-0.05, 0) is 42.0 Å². The predicted molar refractivity (Wildman–Crippen MR) is 109 cm³/mol. The monoisotopic (exact) mass is 385 g/mol. The van der Waals surface area contributed by atoms with Crippen molar-refractivity contribution in [1.29, 1.82) is 0 Å². The van der Waals surface area contributed by atoms with E-state index in [0.717, 1.165) is 26.6 Å². The lowest BCUT2D eigenvalue weighted by Crippen LogP contribution is -2.16. The van der Waals surface area contributed by atoms with E-state index in [9.17, 15) is 4.39 Å². The van der Waals surface area contributed by atoms with Crippen LogP contribution in [0.1, 0.15) is 10.6 Å². The summed E-state index contributed by atoms with van der Waals surface area (Å²) in [5.74, 6) is 1.40. The summed E-state index contributed by atoms with van der Waals surface area (Å²) in [6.45, 7) is -0.705. The molecule has 1 aromatic carbocycles. The first-order chi connectivity index (χ1) is 13.2. The number of aliphatic hydroxyl groups excluding tert-OH is 1. The van der Waals surface area contributed by atoms with Crippen molar-refractivity contribution in [2.45, 2.75) is 6.17 Å². The molecule has 0 aliphatic rings. The van der Waals surface area contributed by atoms with E-state index in [2.05, 4.69) is 15.3 Å². The molecule has 1 atom stereocenters. The Bertz CT molecular complexity index is 938. The van der Waals surface area contributed by atoms with Crippen LogP contribution < -0.4 is 10.1 Å². The van der Waals surface area contributed by atoms with Gasteiger partial charge in [-0.25, -0.2) is 14.4 Å². The van der Waals surface area contributed by atoms with Crippen molar-refractivity contribution in [3.8, 4) is 5.75 Å². The largest absolute Gasteiger partial charge is 0.490 e. The lowest BCUT2D eigenvalue weighted by Gasteiger charge is -2.07. The summed E-state index contributed by atoms with van der Waals surface area (Å²) >= 11 is 1.53. The average Bonchev–Trinajstić information content (AvgIpc) is 3.11. The number of halogens is 1. The van der Waals surface area contributed by atoms with Crippen molar-refractivity contribution in [2.75, 3.05) is 25.6 Å². The van der Waals surface area contributed by atoms with Crippen LogP contribution >= 0.6 is 11.3 Å². The van der Waals surface area contributed by atoms with Crippen molar-refractivity contribution in [3.63, 3.8) is 0 Å². The number of anilines is 1. The normalized spacial score (nSPS) is 12.9. The number of benzene rings is 1. The van der Waals surface area contributed by atoms with Gasteiger partial charge >= 0.3 is 0 Å². The number of aliphatic hydroxyl groups is 1. The van der Waals surface area contributed by atoms with Crippen LogP contribution in [-0.2, 0) is 0 Å². The molecule has 5 nitrogen and oxygen atoms in total. The Kier molecular flexibility index (Phi) is 6.51. The van der Waals surface area contributed by atoms with E-state index < -0.39 is 12.8 Å². The molecule has 0 saturated heterocycles. The molecular formula is C20H20FN3O2S. The number of rotatable bonds is 8. The van der Waals surface area contributed by atoms with Crippen molar-refractivity contribution in [3.05, 3.63) is 59.3 Å². The number of alkyl halides is 1. The number of fused-ring (bicyclic) bond motifs is 1. The van der Waals surface area contributed by atoms with Crippen LogP contribution in [0.4, 0.5) is 10.2 Å². The van der Waals surface area contributed by atoms with Gasteiger partial charge in [0.15, 0.2) is 6.17 Å². The zero-order chi connectivity index (χ0) is 19.1. The van der Waals surface area contributed by atoms with Gasteiger partial charge in [0.05, 0.1) is 16.8 Å². The molecule has 2 N–H and O–H groups in total. The maximum absolute atomic E-state index is 13.1. The number of ether oxygens (including phenoxy) is 1. The van der Waals surface area contributed by atoms with Gasteiger partial charge in [-0.2, -0.15) is 0 Å². The number of nitrogens with zero attached hydrogens (tertiary/aromatic N) is 2. The van der Waals surface area contributed by atoms with Crippen LogP contribution in [0.25, 0.3) is 22.4 Å². The summed E-state index contributed by atoms with van der Waals surface area (Å²) in [4.78, 5) is 8.80. The number of nitrogens with one attached hydrogen (secondary N) is 1. The van der Waals surface area contributed by atoms with Gasteiger partial charge in [0.2, 0.25) is 0 Å². The molecule has 0 bridgehead atoms. The minimum Gasteiger partial charge on any atom is -0.490 e. The highest BCUT2D eigenvalue weighted by Crippen LogP contribution is 2.27. The standard InChI is InChI=1S/C20H20FN3O2S/c1-22-19-9-6-14(11-23-19)4-2-3-5-20-24-17-8-7-16(10-18(17)27-20)26-13-15(21)12-25/h2-11,15,25H,12-13H2,1H3,(H,22,23)/b4-2+,5-3+. The van der Waals surface area contributed by atoms with Crippen LogP contribution in [0.5, 0.6) is 5.75 Å². The molecule has 0 amide bonds. The van der Waals surface area contributed by atoms with E-state index in [-0.39, 0.29) is 6.61 Å². The van der Waals surface area contributed by atoms with Crippen molar-refractivity contribution >= 4 is 39.5 Å². The van der Waals surface area contributed by atoms with E-state index in [0.29, 0.717) is 5.75 Å². The number of thiazole rings is 1. The number of pyridine rings is 1. The van der Waals surface area contributed by atoms with E-state index in [1.807, 2.05) is 55.6 Å². The SMILES string of the molecule is CNc1ccc(/C=C/C=C/c2nc3ccc(OCC(F)CO)cc3s2)cn1. The first kappa shape index (κ1) is 19.0. The second kappa shape index (κ2) is 9.25. The molecule has 27 heavy (non-hydrogen) atoms. The molecule has 0 aliphatic heterocycles. The predicted octanol–water partition coefficient (Wildman–Crippen LogP) is 4.17. The Morgan fingerprint density at radius 1 is 1.26 bits per heavy atom. The second-order valence-corrected chi connectivity index (χ2v) is 6.78. The van der Waals surface area contributed by atoms with E-state index >= 15 is 0 Å². The summed E-state index contributed by atoms with van der Waals surface area (Å²) in [7, 11) is 1.83. The zero-order valence-electron chi connectivity index (χ0n) is 14.8. The third-order valence-electron chi connectivity index (χ3n) is 3.69. The fourth-order valence-corrected chi connectivity index (χ4v) is 3.19. The van der Waals surface area contributed by atoms with Crippen LogP contribution in [0.2, 0.25) is 0 Å². The van der Waals surface area contributed by atoms with Gasteiger partial charge < -0.3 is 15.2 Å². The van der Waals surface area contributed by atoms with Crippen LogP contribution in [0, 0.1) is 0 Å². The molecule has 2 aromatic heterocycles. The van der Waals surface area contributed by atoms with E-state index in [4.69, 9.17) is 9.84 Å². The lowest BCUT2D eigenvalue weighted by molar-refractivity contribution is 0.123. The Labute approximate surface area is 160 Å². The molecule has 0 radical (unpaired) electrons. The maximum atomic E-state index is 13.1. The topological polar surface area (TPSA) is 67.3 Å². The van der Waals surface area contributed by atoms with Crippen LogP contribution in [0.15, 0.2) is 48.7 Å². The molecule has 140 valence electrons. The average molecular weight is 385 g/mol. The van der Waals surface area contributed by atoms with Gasteiger partial charge in [0.25, 0.3) is 0 Å². The molecule has 2 heterocycles. The van der Waals surface area contributed by atoms with Gasteiger partial charge in [-0.1, -0.05) is 18.2 Å². The minimum absolute atomic E-state index is 0.164. The Morgan fingerprint density at radius 3 is 2.85 bits per heavy atom. The van der Waals surface area contributed by atoms with Gasteiger partial charge in [0, 0.05) is 13.2 Å². The Morgan fingerprint density at radius 2 is 2.11 bits per heavy atom. The molecule has 0 spiro atoms. The Hall–Kier alpha value is -2.77. The van der Waals surface area contributed by atoms with E-state index in [1.165, 1.54) is 11.3 Å². The van der Waals surface area contributed by atoms with Crippen LogP contribution in [-0.4, -0.2) is 41.5 Å². The first-order valence-corrected chi connectivity index (χ1v) is 9.26. The maximum Gasteiger partial charge on any atom is 0.157 e.